The second-order valence-corrected chi connectivity index (χ2v) is 13.0. The Hall–Kier alpha value is -3.64. The number of rotatable bonds is 0. The summed E-state index contributed by atoms with van der Waals surface area (Å²) in [7, 11) is 0. The maximum Gasteiger partial charge on any atom is 0.0159 e. The molecule has 0 spiro atoms. The van der Waals surface area contributed by atoms with Gasteiger partial charge in [0.1, 0.15) is 0 Å². The van der Waals surface area contributed by atoms with E-state index >= 15 is 0 Å². The van der Waals surface area contributed by atoms with E-state index in [1.54, 1.807) is 0 Å². The molecule has 0 aromatic heterocycles. The van der Waals surface area contributed by atoms with E-state index < -0.39 is 0 Å². The van der Waals surface area contributed by atoms with Crippen molar-refractivity contribution in [1.29, 1.82) is 0 Å². The van der Waals surface area contributed by atoms with E-state index in [1.807, 2.05) is 0 Å². The molecule has 0 bridgehead atoms. The largest absolute Gasteiger partial charge is 0.0619 e. The van der Waals surface area contributed by atoms with Crippen LogP contribution in [-0.4, -0.2) is 0 Å². The zero-order valence-corrected chi connectivity index (χ0v) is 22.6. The molecular formula is C37H32. The molecule has 0 unspecified atom stereocenters. The first kappa shape index (κ1) is 21.4. The predicted molar refractivity (Wildman–Crippen MR) is 157 cm³/mol. The quantitative estimate of drug-likeness (QED) is 0.209. The highest BCUT2D eigenvalue weighted by Gasteiger charge is 2.44. The van der Waals surface area contributed by atoms with Crippen molar-refractivity contribution in [2.24, 2.45) is 0 Å². The Labute approximate surface area is 220 Å². The van der Waals surface area contributed by atoms with Crippen molar-refractivity contribution in [3.8, 4) is 33.4 Å². The molecule has 0 saturated heterocycles. The van der Waals surface area contributed by atoms with Crippen molar-refractivity contribution in [2.45, 2.75) is 57.8 Å². The Morgan fingerprint density at radius 2 is 0.865 bits per heavy atom. The summed E-state index contributed by atoms with van der Waals surface area (Å²) in [4.78, 5) is 0. The Morgan fingerprint density at radius 1 is 0.378 bits per heavy atom. The lowest BCUT2D eigenvalue weighted by Gasteiger charge is -2.24. The van der Waals surface area contributed by atoms with Gasteiger partial charge in [0.05, 0.1) is 0 Å². The van der Waals surface area contributed by atoms with E-state index in [1.165, 1.54) is 77.5 Å². The molecule has 3 aliphatic rings. The SMILES string of the molecule is CC1(C)c2ccccc2-c2cc3c(cc21)-c1cc2c(cc1C3(C)C)-c1c(ccc3ccccc13)C2(C)C. The fourth-order valence-corrected chi connectivity index (χ4v) is 7.92. The summed E-state index contributed by atoms with van der Waals surface area (Å²) < 4.78 is 0. The van der Waals surface area contributed by atoms with Gasteiger partial charge in [-0.05, 0) is 102 Å². The summed E-state index contributed by atoms with van der Waals surface area (Å²) in [6.07, 6.45) is 0. The van der Waals surface area contributed by atoms with Crippen LogP contribution in [0.5, 0.6) is 0 Å². The molecule has 0 N–H and O–H groups in total. The summed E-state index contributed by atoms with van der Waals surface area (Å²) >= 11 is 0. The van der Waals surface area contributed by atoms with Gasteiger partial charge in [-0.3, -0.25) is 0 Å². The fraction of sp³-hybridized carbons (Fsp3) is 0.243. The highest BCUT2D eigenvalue weighted by atomic mass is 14.5. The van der Waals surface area contributed by atoms with Crippen LogP contribution in [0, 0.1) is 0 Å². The average Bonchev–Trinajstić information content (AvgIpc) is 3.36. The first-order chi connectivity index (χ1) is 17.6. The van der Waals surface area contributed by atoms with Gasteiger partial charge < -0.3 is 0 Å². The lowest BCUT2D eigenvalue weighted by Crippen LogP contribution is -2.17. The molecule has 0 aliphatic heterocycles. The number of hydrogen-bond donors (Lipinski definition) is 0. The second kappa shape index (κ2) is 6.43. The van der Waals surface area contributed by atoms with E-state index in [0.29, 0.717) is 0 Å². The summed E-state index contributed by atoms with van der Waals surface area (Å²) in [6.45, 7) is 14.4. The van der Waals surface area contributed by atoms with Gasteiger partial charge in [-0.15, -0.1) is 0 Å². The Morgan fingerprint density at radius 3 is 1.57 bits per heavy atom. The molecule has 0 heteroatoms. The molecule has 0 radical (unpaired) electrons. The molecule has 0 saturated carbocycles. The minimum atomic E-state index is -0.0477. The van der Waals surface area contributed by atoms with Crippen LogP contribution in [-0.2, 0) is 16.2 Å². The molecule has 0 heterocycles. The molecule has 0 atom stereocenters. The van der Waals surface area contributed by atoms with Crippen LogP contribution in [0.25, 0.3) is 44.2 Å². The average molecular weight is 477 g/mol. The topological polar surface area (TPSA) is 0 Å². The molecule has 0 amide bonds. The minimum absolute atomic E-state index is 0.0129. The van der Waals surface area contributed by atoms with E-state index in [2.05, 4.69) is 126 Å². The first-order valence-corrected chi connectivity index (χ1v) is 13.6. The Kier molecular flexibility index (Phi) is 3.73. The maximum absolute atomic E-state index is 2.55. The zero-order chi connectivity index (χ0) is 25.5. The molecular weight excluding hydrogens is 444 g/mol. The Bertz CT molecular complexity index is 1840. The summed E-state index contributed by atoms with van der Waals surface area (Å²) in [5.74, 6) is 0. The smallest absolute Gasteiger partial charge is 0.0159 e. The van der Waals surface area contributed by atoms with Crippen LogP contribution in [0.3, 0.4) is 0 Å². The molecule has 180 valence electrons. The van der Waals surface area contributed by atoms with Crippen LogP contribution in [0.1, 0.15) is 74.9 Å². The van der Waals surface area contributed by atoms with Crippen molar-refractivity contribution in [3.63, 3.8) is 0 Å². The first-order valence-electron chi connectivity index (χ1n) is 13.6. The van der Waals surface area contributed by atoms with Gasteiger partial charge in [0, 0.05) is 16.2 Å². The monoisotopic (exact) mass is 476 g/mol. The van der Waals surface area contributed by atoms with Crippen LogP contribution < -0.4 is 0 Å². The van der Waals surface area contributed by atoms with Crippen LogP contribution >= 0.6 is 0 Å². The molecule has 8 rings (SSSR count). The van der Waals surface area contributed by atoms with Crippen molar-refractivity contribution in [2.75, 3.05) is 0 Å². The van der Waals surface area contributed by atoms with Gasteiger partial charge in [0.2, 0.25) is 0 Å². The molecule has 5 aromatic rings. The third-order valence-corrected chi connectivity index (χ3v) is 10.1. The number of benzene rings is 5. The second-order valence-electron chi connectivity index (χ2n) is 13.0. The van der Waals surface area contributed by atoms with E-state index in [9.17, 15) is 0 Å². The van der Waals surface area contributed by atoms with E-state index in [0.717, 1.165) is 0 Å². The highest BCUT2D eigenvalue weighted by molar-refractivity contribution is 6.04. The van der Waals surface area contributed by atoms with Gasteiger partial charge in [-0.2, -0.15) is 0 Å². The fourth-order valence-electron chi connectivity index (χ4n) is 7.92. The van der Waals surface area contributed by atoms with Crippen molar-refractivity contribution in [3.05, 3.63) is 118 Å². The van der Waals surface area contributed by atoms with Gasteiger partial charge in [-0.1, -0.05) is 102 Å². The van der Waals surface area contributed by atoms with Crippen LogP contribution in [0.4, 0.5) is 0 Å². The summed E-state index contributed by atoms with van der Waals surface area (Å²) in [6, 6.07) is 32.7. The van der Waals surface area contributed by atoms with Crippen LogP contribution in [0.2, 0.25) is 0 Å². The lowest BCUT2D eigenvalue weighted by atomic mass is 9.78. The zero-order valence-electron chi connectivity index (χ0n) is 22.6. The molecule has 37 heavy (non-hydrogen) atoms. The molecule has 0 fully saturated rings. The minimum Gasteiger partial charge on any atom is -0.0619 e. The van der Waals surface area contributed by atoms with Crippen molar-refractivity contribution in [1.82, 2.24) is 0 Å². The van der Waals surface area contributed by atoms with Crippen LogP contribution in [0.15, 0.2) is 84.9 Å². The number of fused-ring (bicyclic) bond motifs is 11. The Balaban J connectivity index is 1.42. The summed E-state index contributed by atoms with van der Waals surface area (Å²) in [5, 5.41) is 2.70. The van der Waals surface area contributed by atoms with Gasteiger partial charge in [0.15, 0.2) is 0 Å². The molecule has 5 aromatic carbocycles. The van der Waals surface area contributed by atoms with Gasteiger partial charge in [-0.25, -0.2) is 0 Å². The van der Waals surface area contributed by atoms with Crippen molar-refractivity contribution >= 4 is 10.8 Å². The maximum atomic E-state index is 2.55. The third-order valence-electron chi connectivity index (χ3n) is 10.1. The van der Waals surface area contributed by atoms with E-state index in [-0.39, 0.29) is 16.2 Å². The van der Waals surface area contributed by atoms with E-state index in [4.69, 9.17) is 0 Å². The molecule has 3 aliphatic carbocycles. The third kappa shape index (κ3) is 2.41. The standard InChI is InChI=1S/C37H32/c1-35(2)28-14-10-9-13-23(28)24-17-31-25(18-30(24)35)26-19-33-27(20-32(26)37(31,5)6)34-22-12-8-7-11-21(22)15-16-29(34)36(33,3)4/h7-20H,1-6H3. The van der Waals surface area contributed by atoms with Crippen molar-refractivity contribution < 1.29 is 0 Å². The normalized spacial score (nSPS) is 18.1. The lowest BCUT2D eigenvalue weighted by molar-refractivity contribution is 0.649. The van der Waals surface area contributed by atoms with Gasteiger partial charge >= 0.3 is 0 Å². The molecule has 0 nitrogen and oxygen atoms in total. The highest BCUT2D eigenvalue weighted by Crippen LogP contribution is 2.59. The summed E-state index contributed by atoms with van der Waals surface area (Å²) in [5.41, 5.74) is 17.2. The number of hydrogen-bond acceptors (Lipinski definition) is 0. The predicted octanol–water partition coefficient (Wildman–Crippen LogP) is 9.76. The van der Waals surface area contributed by atoms with Gasteiger partial charge in [0.25, 0.3) is 0 Å².